The molecule has 0 saturated heterocycles. The zero-order valence-corrected chi connectivity index (χ0v) is 17.0. The number of carbonyl (C=O) groups excluding carboxylic acids is 1. The lowest BCUT2D eigenvalue weighted by Crippen LogP contribution is -2.38. The first-order valence-electron chi connectivity index (χ1n) is 9.22. The fourth-order valence-corrected chi connectivity index (χ4v) is 2.61. The first-order chi connectivity index (χ1) is 10.3. The standard InChI is InChI=1S/C20H40O3/c1-10-11-15-20(9,17(21)22-23-19(6,7)8)16(2)13-12-14-18(3,4)5/h16H,10-15H2,1-9H3. The molecule has 0 aliphatic rings. The fraction of sp³-hybridized carbons (Fsp3) is 0.950. The smallest absolute Gasteiger partial charge is 0.297 e. The number of unbranched alkanes of at least 4 members (excludes halogenated alkanes) is 1. The molecule has 0 fully saturated rings. The maximum Gasteiger partial charge on any atom is 0.348 e. The minimum absolute atomic E-state index is 0.218. The molecule has 2 unspecified atom stereocenters. The van der Waals surface area contributed by atoms with Crippen molar-refractivity contribution in [1.29, 1.82) is 0 Å². The molecule has 0 aromatic rings. The van der Waals surface area contributed by atoms with Gasteiger partial charge in [-0.15, -0.1) is 0 Å². The van der Waals surface area contributed by atoms with Crippen LogP contribution in [-0.4, -0.2) is 11.6 Å². The molecule has 2 atom stereocenters. The van der Waals surface area contributed by atoms with E-state index >= 15 is 0 Å². The van der Waals surface area contributed by atoms with Gasteiger partial charge in [-0.3, -0.25) is 4.89 Å². The third-order valence-electron chi connectivity index (χ3n) is 4.53. The second-order valence-corrected chi connectivity index (χ2v) is 9.44. The molecule has 0 N–H and O–H groups in total. The van der Waals surface area contributed by atoms with Crippen LogP contribution >= 0.6 is 0 Å². The first kappa shape index (κ1) is 22.4. The van der Waals surface area contributed by atoms with Crippen molar-refractivity contribution >= 4 is 5.97 Å². The molecule has 0 bridgehead atoms. The molecule has 0 radical (unpaired) electrons. The lowest BCUT2D eigenvalue weighted by atomic mass is 9.71. The Labute approximate surface area is 144 Å². The molecule has 0 aromatic heterocycles. The number of rotatable bonds is 9. The van der Waals surface area contributed by atoms with Crippen LogP contribution in [0.2, 0.25) is 0 Å². The summed E-state index contributed by atoms with van der Waals surface area (Å²) in [6, 6.07) is 0. The summed E-state index contributed by atoms with van der Waals surface area (Å²) >= 11 is 0. The molecule has 138 valence electrons. The Hall–Kier alpha value is -0.570. The van der Waals surface area contributed by atoms with E-state index in [1.54, 1.807) is 0 Å². The van der Waals surface area contributed by atoms with E-state index in [1.807, 2.05) is 27.7 Å². The van der Waals surface area contributed by atoms with Gasteiger partial charge in [0, 0.05) is 0 Å². The first-order valence-corrected chi connectivity index (χ1v) is 9.22. The van der Waals surface area contributed by atoms with E-state index in [0.29, 0.717) is 5.41 Å². The lowest BCUT2D eigenvalue weighted by molar-refractivity contribution is -0.328. The molecule has 0 aliphatic carbocycles. The fourth-order valence-electron chi connectivity index (χ4n) is 2.61. The van der Waals surface area contributed by atoms with Gasteiger partial charge in [-0.25, -0.2) is 4.79 Å². The highest BCUT2D eigenvalue weighted by Gasteiger charge is 2.41. The van der Waals surface area contributed by atoms with Crippen molar-refractivity contribution in [3.8, 4) is 0 Å². The molecular weight excluding hydrogens is 288 g/mol. The van der Waals surface area contributed by atoms with Gasteiger partial charge in [0.15, 0.2) is 0 Å². The van der Waals surface area contributed by atoms with Gasteiger partial charge in [-0.1, -0.05) is 53.9 Å². The third-order valence-corrected chi connectivity index (χ3v) is 4.53. The maximum atomic E-state index is 12.7. The molecule has 0 spiro atoms. The lowest BCUT2D eigenvalue weighted by Gasteiger charge is -2.34. The molecule has 0 heterocycles. The van der Waals surface area contributed by atoms with Crippen LogP contribution in [-0.2, 0) is 14.6 Å². The molecule has 0 aliphatic heterocycles. The highest BCUT2D eigenvalue weighted by Crippen LogP contribution is 2.38. The zero-order valence-electron chi connectivity index (χ0n) is 17.0. The van der Waals surface area contributed by atoms with Crippen LogP contribution in [0.4, 0.5) is 0 Å². The molecular formula is C20H40O3. The Bertz CT molecular complexity index is 349. The second kappa shape index (κ2) is 9.05. The third kappa shape index (κ3) is 9.34. The van der Waals surface area contributed by atoms with Crippen LogP contribution in [0, 0.1) is 16.7 Å². The van der Waals surface area contributed by atoms with Crippen LogP contribution < -0.4 is 0 Å². The van der Waals surface area contributed by atoms with Crippen LogP contribution in [0.1, 0.15) is 101 Å². The van der Waals surface area contributed by atoms with Crippen LogP contribution in [0.15, 0.2) is 0 Å². The zero-order chi connectivity index (χ0) is 18.3. The van der Waals surface area contributed by atoms with Crippen molar-refractivity contribution < 1.29 is 14.6 Å². The summed E-state index contributed by atoms with van der Waals surface area (Å²) in [5.41, 5.74) is -0.606. The number of hydrogen-bond acceptors (Lipinski definition) is 3. The van der Waals surface area contributed by atoms with E-state index in [9.17, 15) is 4.79 Å². The Kier molecular flexibility index (Phi) is 8.83. The second-order valence-electron chi connectivity index (χ2n) is 9.44. The summed E-state index contributed by atoms with van der Waals surface area (Å²) in [6.07, 6.45) is 6.32. The van der Waals surface area contributed by atoms with Crippen LogP contribution in [0.3, 0.4) is 0 Å². The average molecular weight is 329 g/mol. The van der Waals surface area contributed by atoms with Gasteiger partial charge in [0.2, 0.25) is 0 Å². The summed E-state index contributed by atoms with van der Waals surface area (Å²) in [4.78, 5) is 23.1. The normalized spacial score (nSPS) is 16.7. The van der Waals surface area contributed by atoms with E-state index < -0.39 is 11.0 Å². The largest absolute Gasteiger partial charge is 0.348 e. The van der Waals surface area contributed by atoms with Gasteiger partial charge in [0.25, 0.3) is 0 Å². The highest BCUT2D eigenvalue weighted by molar-refractivity contribution is 5.76. The van der Waals surface area contributed by atoms with Gasteiger partial charge < -0.3 is 0 Å². The summed E-state index contributed by atoms with van der Waals surface area (Å²) in [6.45, 7) is 18.8. The monoisotopic (exact) mass is 328 g/mol. The van der Waals surface area contributed by atoms with Gasteiger partial charge in [0.05, 0.1) is 5.41 Å². The predicted octanol–water partition coefficient (Wildman–Crippen LogP) is 6.31. The van der Waals surface area contributed by atoms with E-state index in [4.69, 9.17) is 9.78 Å². The van der Waals surface area contributed by atoms with Gasteiger partial charge in [-0.2, -0.15) is 4.89 Å². The van der Waals surface area contributed by atoms with Crippen LogP contribution in [0.25, 0.3) is 0 Å². The molecule has 0 saturated carbocycles. The topological polar surface area (TPSA) is 35.5 Å². The number of hydrogen-bond donors (Lipinski definition) is 0. The van der Waals surface area contributed by atoms with Crippen molar-refractivity contribution in [1.82, 2.24) is 0 Å². The van der Waals surface area contributed by atoms with Gasteiger partial charge in [0.1, 0.15) is 5.60 Å². The van der Waals surface area contributed by atoms with Gasteiger partial charge in [-0.05, 0) is 58.3 Å². The predicted molar refractivity (Wildman–Crippen MR) is 97.0 cm³/mol. The quantitative estimate of drug-likeness (QED) is 0.367. The number of carbonyl (C=O) groups is 1. The molecule has 0 aromatic carbocycles. The Balaban J connectivity index is 4.82. The SMILES string of the molecule is CCCCC(C)(C(=O)OOC(C)(C)C)C(C)CCCC(C)(C)C. The molecule has 3 heteroatoms. The van der Waals surface area contributed by atoms with Crippen molar-refractivity contribution in [2.45, 2.75) is 106 Å². The van der Waals surface area contributed by atoms with Crippen molar-refractivity contribution in [3.63, 3.8) is 0 Å². The summed E-state index contributed by atoms with van der Waals surface area (Å²) in [5.74, 6) is 0.0663. The molecule has 3 nitrogen and oxygen atoms in total. The van der Waals surface area contributed by atoms with Crippen LogP contribution in [0.5, 0.6) is 0 Å². The van der Waals surface area contributed by atoms with Crippen molar-refractivity contribution in [3.05, 3.63) is 0 Å². The minimum Gasteiger partial charge on any atom is -0.297 e. The van der Waals surface area contributed by atoms with E-state index in [0.717, 1.165) is 32.1 Å². The Morgan fingerprint density at radius 2 is 1.52 bits per heavy atom. The molecule has 0 rings (SSSR count). The highest BCUT2D eigenvalue weighted by atomic mass is 17.2. The van der Waals surface area contributed by atoms with Crippen molar-refractivity contribution in [2.24, 2.45) is 16.7 Å². The summed E-state index contributed by atoms with van der Waals surface area (Å²) in [7, 11) is 0. The Morgan fingerprint density at radius 1 is 0.957 bits per heavy atom. The van der Waals surface area contributed by atoms with E-state index in [-0.39, 0.29) is 11.9 Å². The van der Waals surface area contributed by atoms with Crippen molar-refractivity contribution in [2.75, 3.05) is 0 Å². The maximum absolute atomic E-state index is 12.7. The minimum atomic E-state index is -0.475. The summed E-state index contributed by atoms with van der Waals surface area (Å²) < 4.78 is 0. The van der Waals surface area contributed by atoms with E-state index in [1.165, 1.54) is 6.42 Å². The molecule has 23 heavy (non-hydrogen) atoms. The molecule has 0 amide bonds. The Morgan fingerprint density at radius 3 is 1.96 bits per heavy atom. The average Bonchev–Trinajstić information content (AvgIpc) is 2.39. The van der Waals surface area contributed by atoms with Gasteiger partial charge >= 0.3 is 5.97 Å². The summed E-state index contributed by atoms with van der Waals surface area (Å²) in [5, 5.41) is 0. The van der Waals surface area contributed by atoms with E-state index in [2.05, 4.69) is 34.6 Å².